The van der Waals surface area contributed by atoms with Gasteiger partial charge in [-0.15, -0.1) is 11.3 Å². The van der Waals surface area contributed by atoms with E-state index in [1.165, 1.54) is 22.7 Å². The first-order valence-corrected chi connectivity index (χ1v) is 11.2. The summed E-state index contributed by atoms with van der Waals surface area (Å²) in [5.74, 6) is 0.611. The van der Waals surface area contributed by atoms with Crippen molar-refractivity contribution in [3.63, 3.8) is 0 Å². The van der Waals surface area contributed by atoms with Crippen LogP contribution >= 0.6 is 11.3 Å². The third-order valence-electron chi connectivity index (χ3n) is 4.53. The summed E-state index contributed by atoms with van der Waals surface area (Å²) in [6.45, 7) is 3.90. The summed E-state index contributed by atoms with van der Waals surface area (Å²) in [6.07, 6.45) is 0. The Morgan fingerprint density at radius 3 is 2.45 bits per heavy atom. The van der Waals surface area contributed by atoms with E-state index in [1.807, 2.05) is 56.3 Å². The van der Waals surface area contributed by atoms with E-state index in [1.54, 1.807) is 17.5 Å². The molecule has 2 heterocycles. The van der Waals surface area contributed by atoms with Gasteiger partial charge in [-0.05, 0) is 49.1 Å². The third-order valence-corrected chi connectivity index (χ3v) is 7.39. The lowest BCUT2D eigenvalue weighted by molar-refractivity contribution is 0.432. The molecule has 8 heteroatoms. The predicted molar refractivity (Wildman–Crippen MR) is 115 cm³/mol. The van der Waals surface area contributed by atoms with Crippen molar-refractivity contribution >= 4 is 27.0 Å². The van der Waals surface area contributed by atoms with Gasteiger partial charge < -0.3 is 4.52 Å². The van der Waals surface area contributed by atoms with Crippen LogP contribution in [-0.2, 0) is 10.0 Å². The van der Waals surface area contributed by atoms with E-state index in [2.05, 4.69) is 10.1 Å². The highest BCUT2D eigenvalue weighted by Crippen LogP contribution is 2.35. The molecule has 0 aliphatic rings. The molecule has 0 radical (unpaired) electrons. The Bertz CT molecular complexity index is 1280. The van der Waals surface area contributed by atoms with Crippen LogP contribution < -0.4 is 4.31 Å². The summed E-state index contributed by atoms with van der Waals surface area (Å²) in [6, 6.07) is 16.6. The van der Waals surface area contributed by atoms with Crippen molar-refractivity contribution in [3.05, 3.63) is 71.1 Å². The average Bonchev–Trinajstić information content (AvgIpc) is 3.37. The molecule has 29 heavy (non-hydrogen) atoms. The van der Waals surface area contributed by atoms with Gasteiger partial charge in [0.25, 0.3) is 15.9 Å². The number of nitrogens with zero attached hydrogens (tertiary/aromatic N) is 3. The van der Waals surface area contributed by atoms with Gasteiger partial charge in [-0.25, -0.2) is 8.42 Å². The lowest BCUT2D eigenvalue weighted by atomic mass is 10.1. The summed E-state index contributed by atoms with van der Waals surface area (Å²) < 4.78 is 33.2. The zero-order chi connectivity index (χ0) is 20.6. The first-order valence-electron chi connectivity index (χ1n) is 8.90. The van der Waals surface area contributed by atoms with E-state index in [0.29, 0.717) is 16.4 Å². The Balaban J connectivity index is 1.72. The minimum absolute atomic E-state index is 0.144. The number of anilines is 1. The van der Waals surface area contributed by atoms with Crippen LogP contribution in [0.3, 0.4) is 0 Å². The number of hydrogen-bond acceptors (Lipinski definition) is 6. The Kier molecular flexibility index (Phi) is 4.97. The smallest absolute Gasteiger partial charge is 0.269 e. The quantitative estimate of drug-likeness (QED) is 0.454. The molecule has 4 aromatic rings. The molecule has 148 valence electrons. The second-order valence-corrected chi connectivity index (χ2v) is 9.57. The van der Waals surface area contributed by atoms with Crippen LogP contribution in [0, 0.1) is 13.8 Å². The van der Waals surface area contributed by atoms with Crippen LogP contribution in [0.15, 0.2) is 69.4 Å². The standard InChI is InChI=1S/C21H19N3O3S2/c1-14-6-4-8-16(12-14)20-22-21(27-23-20)19-18(10-11-28-19)29(25,26)24(3)17-9-5-7-15(2)13-17/h4-13H,1-3H3. The maximum Gasteiger partial charge on any atom is 0.269 e. The fourth-order valence-electron chi connectivity index (χ4n) is 2.98. The summed E-state index contributed by atoms with van der Waals surface area (Å²) in [5, 5.41) is 5.74. The topological polar surface area (TPSA) is 76.3 Å². The summed E-state index contributed by atoms with van der Waals surface area (Å²) in [7, 11) is -2.25. The zero-order valence-electron chi connectivity index (χ0n) is 16.2. The average molecular weight is 426 g/mol. The van der Waals surface area contributed by atoms with Gasteiger partial charge in [-0.3, -0.25) is 4.31 Å². The number of sulfonamides is 1. The summed E-state index contributed by atoms with van der Waals surface area (Å²) >= 11 is 1.25. The van der Waals surface area contributed by atoms with E-state index < -0.39 is 10.0 Å². The lowest BCUT2D eigenvalue weighted by Crippen LogP contribution is -2.26. The maximum absolute atomic E-state index is 13.3. The fourth-order valence-corrected chi connectivity index (χ4v) is 5.49. The van der Waals surface area contributed by atoms with Gasteiger partial charge in [0, 0.05) is 12.6 Å². The van der Waals surface area contributed by atoms with Crippen molar-refractivity contribution < 1.29 is 12.9 Å². The zero-order valence-corrected chi connectivity index (χ0v) is 17.8. The molecule has 0 saturated heterocycles. The molecule has 6 nitrogen and oxygen atoms in total. The van der Waals surface area contributed by atoms with Crippen LogP contribution in [0.5, 0.6) is 0 Å². The van der Waals surface area contributed by atoms with Crippen LogP contribution in [0.1, 0.15) is 11.1 Å². The van der Waals surface area contributed by atoms with Crippen molar-refractivity contribution in [2.45, 2.75) is 18.7 Å². The van der Waals surface area contributed by atoms with Crippen molar-refractivity contribution in [1.82, 2.24) is 10.1 Å². The monoisotopic (exact) mass is 425 g/mol. The minimum Gasteiger partial charge on any atom is -0.333 e. The molecule has 0 atom stereocenters. The highest BCUT2D eigenvalue weighted by atomic mass is 32.2. The maximum atomic E-state index is 13.3. The Morgan fingerprint density at radius 2 is 1.72 bits per heavy atom. The minimum atomic E-state index is -3.79. The molecule has 0 aliphatic carbocycles. The molecule has 0 N–H and O–H groups in total. The molecule has 4 rings (SSSR count). The van der Waals surface area contributed by atoms with E-state index >= 15 is 0 Å². The molecule has 2 aromatic carbocycles. The van der Waals surface area contributed by atoms with Crippen LogP contribution in [0.25, 0.3) is 22.2 Å². The van der Waals surface area contributed by atoms with Gasteiger partial charge in [0.2, 0.25) is 5.82 Å². The van der Waals surface area contributed by atoms with E-state index in [-0.39, 0.29) is 10.8 Å². The van der Waals surface area contributed by atoms with Crippen molar-refractivity contribution in [1.29, 1.82) is 0 Å². The summed E-state index contributed by atoms with van der Waals surface area (Å²) in [5.41, 5.74) is 3.47. The normalized spacial score (nSPS) is 11.6. The number of aryl methyl sites for hydroxylation is 2. The molecule has 0 amide bonds. The fraction of sp³-hybridized carbons (Fsp3) is 0.143. The van der Waals surface area contributed by atoms with Crippen molar-refractivity contribution in [2.75, 3.05) is 11.4 Å². The Hall–Kier alpha value is -2.97. The number of thiophene rings is 1. The van der Waals surface area contributed by atoms with Gasteiger partial charge >= 0.3 is 0 Å². The molecule has 0 spiro atoms. The van der Waals surface area contributed by atoms with Crippen molar-refractivity contribution in [3.8, 4) is 22.2 Å². The molecule has 0 unspecified atom stereocenters. The predicted octanol–water partition coefficient (Wildman–Crippen LogP) is 4.91. The molecular formula is C21H19N3O3S2. The first kappa shape index (κ1) is 19.4. The van der Waals surface area contributed by atoms with Gasteiger partial charge in [-0.2, -0.15) is 4.98 Å². The van der Waals surface area contributed by atoms with Crippen molar-refractivity contribution in [2.24, 2.45) is 0 Å². The van der Waals surface area contributed by atoms with Crippen LogP contribution in [0.4, 0.5) is 5.69 Å². The number of hydrogen-bond donors (Lipinski definition) is 0. The second-order valence-electron chi connectivity index (χ2n) is 6.72. The number of benzene rings is 2. The Morgan fingerprint density at radius 1 is 1.00 bits per heavy atom. The Labute approximate surface area is 173 Å². The van der Waals surface area contributed by atoms with Crippen LogP contribution in [-0.4, -0.2) is 25.6 Å². The molecular weight excluding hydrogens is 406 g/mol. The van der Waals surface area contributed by atoms with Gasteiger partial charge in [-0.1, -0.05) is 41.1 Å². The number of aromatic nitrogens is 2. The molecule has 2 aromatic heterocycles. The molecule has 0 saturated carbocycles. The molecule has 0 bridgehead atoms. The second kappa shape index (κ2) is 7.46. The first-order chi connectivity index (χ1) is 13.9. The van der Waals surface area contributed by atoms with Gasteiger partial charge in [0.15, 0.2) is 0 Å². The third kappa shape index (κ3) is 3.68. The number of rotatable bonds is 5. The summed E-state index contributed by atoms with van der Waals surface area (Å²) in [4.78, 5) is 5.01. The molecule has 0 aliphatic heterocycles. The van der Waals surface area contributed by atoms with E-state index in [0.717, 1.165) is 16.7 Å². The largest absolute Gasteiger partial charge is 0.333 e. The highest BCUT2D eigenvalue weighted by molar-refractivity contribution is 7.93. The van der Waals surface area contributed by atoms with Gasteiger partial charge in [0.1, 0.15) is 9.77 Å². The SMILES string of the molecule is Cc1cccc(-c2noc(-c3sccc3S(=O)(=O)N(C)c3cccc(C)c3)n2)c1. The van der Waals surface area contributed by atoms with Crippen LogP contribution in [0.2, 0.25) is 0 Å². The molecule has 0 fully saturated rings. The van der Waals surface area contributed by atoms with Gasteiger partial charge in [0.05, 0.1) is 5.69 Å². The van der Waals surface area contributed by atoms with E-state index in [9.17, 15) is 8.42 Å². The lowest BCUT2D eigenvalue weighted by Gasteiger charge is -2.19. The van der Waals surface area contributed by atoms with E-state index in [4.69, 9.17) is 4.52 Å². The highest BCUT2D eigenvalue weighted by Gasteiger charge is 2.28.